The van der Waals surface area contributed by atoms with Crippen LogP contribution >= 0.6 is 0 Å². The van der Waals surface area contributed by atoms with E-state index >= 15 is 0 Å². The van der Waals surface area contributed by atoms with Gasteiger partial charge in [0.15, 0.2) is 16.0 Å². The van der Waals surface area contributed by atoms with E-state index in [1.807, 2.05) is 19.1 Å². The zero-order valence-corrected chi connectivity index (χ0v) is 20.0. The Morgan fingerprint density at radius 1 is 1.03 bits per heavy atom. The van der Waals surface area contributed by atoms with Gasteiger partial charge in [-0.3, -0.25) is 4.79 Å². The van der Waals surface area contributed by atoms with Crippen LogP contribution in [0.2, 0.25) is 0 Å². The number of sulfone groups is 1. The minimum absolute atomic E-state index is 0.0230. The van der Waals surface area contributed by atoms with Gasteiger partial charge in [0.1, 0.15) is 11.9 Å². The van der Waals surface area contributed by atoms with Gasteiger partial charge in [-0.2, -0.15) is 0 Å². The number of aromatic nitrogens is 3. The first-order chi connectivity index (χ1) is 16.3. The number of aryl methyl sites for hydroxylation is 1. The summed E-state index contributed by atoms with van der Waals surface area (Å²) in [5, 5.41) is 5.16. The number of pyridine rings is 1. The van der Waals surface area contributed by atoms with Crippen molar-refractivity contribution in [2.24, 2.45) is 7.05 Å². The summed E-state index contributed by atoms with van der Waals surface area (Å²) in [5.74, 6) is 0.522. The summed E-state index contributed by atoms with van der Waals surface area (Å²) in [5.41, 5.74) is 2.61. The molecule has 2 aromatic carbocycles. The van der Waals surface area contributed by atoms with Crippen molar-refractivity contribution >= 4 is 20.6 Å². The number of hydrogen-bond acceptors (Lipinski definition) is 5. The normalized spacial score (nSPS) is 11.5. The highest BCUT2D eigenvalue weighted by molar-refractivity contribution is 7.91. The average Bonchev–Trinajstić information content (AvgIpc) is 3.34. The third-order valence-electron chi connectivity index (χ3n) is 5.63. The smallest absolute Gasteiger partial charge is 0.258 e. The summed E-state index contributed by atoms with van der Waals surface area (Å²) < 4.78 is 32.7. The molecule has 0 saturated heterocycles. The van der Waals surface area contributed by atoms with Gasteiger partial charge in [-0.1, -0.05) is 19.9 Å². The molecule has 2 aromatic heterocycles. The molecule has 0 aliphatic rings. The predicted octanol–water partition coefficient (Wildman–Crippen LogP) is 4.33. The lowest BCUT2D eigenvalue weighted by Gasteiger charge is -2.16. The maximum Gasteiger partial charge on any atom is 0.258 e. The zero-order valence-electron chi connectivity index (χ0n) is 19.1. The quantitative estimate of drug-likeness (QED) is 0.371. The SMILES string of the molecule is [C-]#[N+]n1cc(-c2ccc3c(=O)n(C)cc(-c4cc(S(=O)(=O)CC)ccc4OCCC)c3c2)cn1. The highest BCUT2D eigenvalue weighted by Gasteiger charge is 2.19. The van der Waals surface area contributed by atoms with Crippen molar-refractivity contribution in [1.29, 1.82) is 0 Å². The molecule has 2 heterocycles. The molecule has 0 radical (unpaired) electrons. The molecule has 0 aliphatic heterocycles. The fourth-order valence-corrected chi connectivity index (χ4v) is 4.70. The maximum absolute atomic E-state index is 12.9. The van der Waals surface area contributed by atoms with Crippen LogP contribution in [0, 0.1) is 6.57 Å². The van der Waals surface area contributed by atoms with Gasteiger partial charge in [0.2, 0.25) is 0 Å². The van der Waals surface area contributed by atoms with Crippen LogP contribution in [-0.2, 0) is 16.9 Å². The van der Waals surface area contributed by atoms with E-state index in [9.17, 15) is 13.2 Å². The van der Waals surface area contributed by atoms with E-state index in [-0.39, 0.29) is 16.2 Å². The summed E-state index contributed by atoms with van der Waals surface area (Å²) in [6.45, 7) is 11.2. The second-order valence-electron chi connectivity index (χ2n) is 7.88. The molecule has 0 N–H and O–H groups in total. The molecule has 0 unspecified atom stereocenters. The van der Waals surface area contributed by atoms with E-state index in [0.29, 0.717) is 34.3 Å². The van der Waals surface area contributed by atoms with Crippen molar-refractivity contribution in [2.75, 3.05) is 12.4 Å². The number of nitrogens with zero attached hydrogens (tertiary/aromatic N) is 4. The molecule has 8 nitrogen and oxygen atoms in total. The lowest BCUT2D eigenvalue weighted by molar-refractivity contribution is 0.318. The Balaban J connectivity index is 2.03. The Kier molecular flexibility index (Phi) is 6.26. The van der Waals surface area contributed by atoms with Crippen molar-refractivity contribution < 1.29 is 13.2 Å². The molecule has 0 saturated carbocycles. The molecule has 34 heavy (non-hydrogen) atoms. The molecular weight excluding hydrogens is 452 g/mol. The number of rotatable bonds is 7. The first-order valence-corrected chi connectivity index (χ1v) is 12.5. The van der Waals surface area contributed by atoms with Crippen molar-refractivity contribution in [3.05, 3.63) is 76.9 Å². The van der Waals surface area contributed by atoms with Crippen LogP contribution in [0.25, 0.3) is 38.0 Å². The molecule has 0 spiro atoms. The molecule has 0 amide bonds. The van der Waals surface area contributed by atoms with E-state index in [2.05, 4.69) is 10.1 Å². The second kappa shape index (κ2) is 9.15. The highest BCUT2D eigenvalue weighted by Crippen LogP contribution is 2.37. The highest BCUT2D eigenvalue weighted by atomic mass is 32.2. The van der Waals surface area contributed by atoms with Crippen molar-refractivity contribution in [3.8, 4) is 28.0 Å². The van der Waals surface area contributed by atoms with E-state index in [0.717, 1.165) is 22.3 Å². The Morgan fingerprint density at radius 2 is 1.82 bits per heavy atom. The molecule has 9 heteroatoms. The number of ether oxygens (including phenoxy) is 1. The molecular formula is C25H24N4O4S. The van der Waals surface area contributed by atoms with Crippen LogP contribution in [-0.4, -0.2) is 35.2 Å². The van der Waals surface area contributed by atoms with Crippen LogP contribution in [0.15, 0.2) is 64.7 Å². The van der Waals surface area contributed by atoms with Gasteiger partial charge in [0, 0.05) is 34.5 Å². The van der Waals surface area contributed by atoms with Gasteiger partial charge in [0.05, 0.1) is 27.9 Å². The minimum atomic E-state index is -3.45. The van der Waals surface area contributed by atoms with Crippen molar-refractivity contribution in [1.82, 2.24) is 14.5 Å². The summed E-state index contributed by atoms with van der Waals surface area (Å²) in [6, 6.07) is 10.3. The monoisotopic (exact) mass is 476 g/mol. The van der Waals surface area contributed by atoms with Crippen molar-refractivity contribution in [2.45, 2.75) is 25.2 Å². The van der Waals surface area contributed by atoms with E-state index < -0.39 is 9.84 Å². The Bertz CT molecular complexity index is 1590. The van der Waals surface area contributed by atoms with Gasteiger partial charge < -0.3 is 20.8 Å². The number of fused-ring (bicyclic) bond motifs is 1. The summed E-state index contributed by atoms with van der Waals surface area (Å²) in [4.78, 5) is 17.5. The van der Waals surface area contributed by atoms with Crippen LogP contribution < -0.4 is 10.3 Å². The third kappa shape index (κ3) is 4.20. The van der Waals surface area contributed by atoms with Gasteiger partial charge in [-0.25, -0.2) is 8.42 Å². The molecule has 4 rings (SSSR count). The fourth-order valence-electron chi connectivity index (χ4n) is 3.79. The summed E-state index contributed by atoms with van der Waals surface area (Å²) in [6.07, 6.45) is 5.69. The Labute approximate surface area is 197 Å². The standard InChI is InChI=1S/C25H24N4O4S/c1-5-11-33-24-10-8-19(34(31,32)6-2)13-22(24)23-16-28(4)25(30)20-9-7-17(12-21(20)23)18-14-27-29(15-18)26-3/h7-10,12-16H,5-6,11H2,1-2,4H3. The molecule has 4 aromatic rings. The van der Waals surface area contributed by atoms with E-state index in [1.54, 1.807) is 56.8 Å². The minimum Gasteiger partial charge on any atom is -0.493 e. The van der Waals surface area contributed by atoms with Crippen LogP contribution in [0.1, 0.15) is 20.3 Å². The Morgan fingerprint density at radius 3 is 2.50 bits per heavy atom. The van der Waals surface area contributed by atoms with Crippen LogP contribution in [0.4, 0.5) is 0 Å². The van der Waals surface area contributed by atoms with Gasteiger partial charge in [-0.05, 0) is 47.7 Å². The first kappa shape index (κ1) is 23.3. The summed E-state index contributed by atoms with van der Waals surface area (Å²) >= 11 is 0. The molecule has 0 aliphatic carbocycles. The van der Waals surface area contributed by atoms with E-state index in [1.165, 1.54) is 4.57 Å². The lowest BCUT2D eigenvalue weighted by atomic mass is 9.97. The fraction of sp³-hybridized carbons (Fsp3) is 0.240. The van der Waals surface area contributed by atoms with Crippen LogP contribution in [0.5, 0.6) is 5.75 Å². The van der Waals surface area contributed by atoms with Crippen LogP contribution in [0.3, 0.4) is 0 Å². The third-order valence-corrected chi connectivity index (χ3v) is 7.36. The Hall–Kier alpha value is -3.90. The van der Waals surface area contributed by atoms with Gasteiger partial charge in [-0.15, -0.1) is 0 Å². The molecule has 0 fully saturated rings. The molecule has 0 bridgehead atoms. The predicted molar refractivity (Wildman–Crippen MR) is 131 cm³/mol. The average molecular weight is 477 g/mol. The second-order valence-corrected chi connectivity index (χ2v) is 10.2. The van der Waals surface area contributed by atoms with Gasteiger partial charge in [0.25, 0.3) is 5.56 Å². The zero-order chi connectivity index (χ0) is 24.5. The topological polar surface area (TPSA) is 87.6 Å². The van der Waals surface area contributed by atoms with Gasteiger partial charge >= 0.3 is 0 Å². The first-order valence-electron chi connectivity index (χ1n) is 10.8. The molecule has 174 valence electrons. The van der Waals surface area contributed by atoms with E-state index in [4.69, 9.17) is 11.3 Å². The largest absolute Gasteiger partial charge is 0.493 e. The summed E-state index contributed by atoms with van der Waals surface area (Å²) in [7, 11) is -1.79. The number of benzene rings is 2. The number of hydrogen-bond donors (Lipinski definition) is 0. The van der Waals surface area contributed by atoms with Crippen molar-refractivity contribution in [3.63, 3.8) is 0 Å². The maximum atomic E-state index is 12.9. The molecule has 0 atom stereocenters. The lowest BCUT2D eigenvalue weighted by Crippen LogP contribution is -2.16.